The van der Waals surface area contributed by atoms with Crippen LogP contribution in [-0.4, -0.2) is 11.8 Å². The fourth-order valence-electron chi connectivity index (χ4n) is 2.89. The van der Waals surface area contributed by atoms with E-state index in [1.165, 1.54) is 6.07 Å². The lowest BCUT2D eigenvalue weighted by molar-refractivity contribution is 0.0998. The van der Waals surface area contributed by atoms with Crippen LogP contribution in [0.25, 0.3) is 10.8 Å². The summed E-state index contributed by atoms with van der Waals surface area (Å²) in [7, 11) is 0. The van der Waals surface area contributed by atoms with Gasteiger partial charge in [0.05, 0.1) is 5.69 Å². The first-order valence-corrected chi connectivity index (χ1v) is 6.92. The van der Waals surface area contributed by atoms with Crippen molar-refractivity contribution in [2.75, 3.05) is 4.90 Å². The van der Waals surface area contributed by atoms with Crippen molar-refractivity contribution in [3.05, 3.63) is 71.8 Å². The number of anilines is 2. The highest BCUT2D eigenvalue weighted by molar-refractivity contribution is 6.18. The minimum absolute atomic E-state index is 0.170. The summed E-state index contributed by atoms with van der Waals surface area (Å²) in [6, 6.07) is 18.3. The van der Waals surface area contributed by atoms with Crippen LogP contribution in [0.15, 0.2) is 60.7 Å². The van der Waals surface area contributed by atoms with Gasteiger partial charge >= 0.3 is 0 Å². The molecule has 3 aromatic rings. The number of carbonyl (C=O) groups excluding carboxylic acids is 2. The van der Waals surface area contributed by atoms with Gasteiger partial charge in [-0.25, -0.2) is 0 Å². The number of primary amides is 1. The van der Waals surface area contributed by atoms with E-state index in [0.29, 0.717) is 11.1 Å². The minimum atomic E-state index is -0.543. The Morgan fingerprint density at radius 2 is 1.64 bits per heavy atom. The fourth-order valence-corrected chi connectivity index (χ4v) is 2.89. The number of hydrogen-bond acceptors (Lipinski definition) is 2. The van der Waals surface area contributed by atoms with Crippen molar-refractivity contribution >= 4 is 34.0 Å². The number of fused-ring (bicyclic) bond motifs is 1. The number of hydrogen-bond donors (Lipinski definition) is 1. The summed E-state index contributed by atoms with van der Waals surface area (Å²) in [6.07, 6.45) is 0. The Balaban J connectivity index is 1.82. The van der Waals surface area contributed by atoms with Crippen LogP contribution in [0.3, 0.4) is 0 Å². The van der Waals surface area contributed by atoms with E-state index in [0.717, 1.165) is 22.1 Å². The maximum atomic E-state index is 12.9. The second-order valence-electron chi connectivity index (χ2n) is 5.27. The summed E-state index contributed by atoms with van der Waals surface area (Å²) in [5.74, 6) is -0.712. The standard InChI is InChI=1S/C18H12N2O2/c19-17(21)12-4-1-5-13(9-12)18(22)20-14-7-8-15-11(10-14)3-2-6-16(15)20/h1-10H,(H2,19,21). The molecule has 0 aromatic heterocycles. The van der Waals surface area contributed by atoms with Gasteiger partial charge in [0.25, 0.3) is 5.91 Å². The molecule has 106 valence electrons. The first-order valence-electron chi connectivity index (χ1n) is 6.92. The summed E-state index contributed by atoms with van der Waals surface area (Å²) in [4.78, 5) is 25.8. The third-order valence-electron chi connectivity index (χ3n) is 3.94. The third kappa shape index (κ3) is 1.71. The molecular weight excluding hydrogens is 276 g/mol. The molecule has 22 heavy (non-hydrogen) atoms. The maximum Gasteiger partial charge on any atom is 0.262 e. The number of carbonyl (C=O) groups is 2. The molecule has 0 fully saturated rings. The van der Waals surface area contributed by atoms with E-state index in [2.05, 4.69) is 0 Å². The molecule has 0 saturated heterocycles. The van der Waals surface area contributed by atoms with Crippen molar-refractivity contribution in [2.24, 2.45) is 5.73 Å². The van der Waals surface area contributed by atoms with Crippen molar-refractivity contribution in [1.82, 2.24) is 0 Å². The molecule has 0 unspecified atom stereocenters. The molecule has 4 heteroatoms. The first kappa shape index (κ1) is 12.6. The normalized spacial score (nSPS) is 12.1. The molecule has 2 heterocycles. The smallest absolute Gasteiger partial charge is 0.262 e. The number of nitrogens with two attached hydrogens (primary N) is 1. The lowest BCUT2D eigenvalue weighted by Crippen LogP contribution is -2.28. The average Bonchev–Trinajstić information content (AvgIpc) is 2.55. The van der Waals surface area contributed by atoms with Crippen molar-refractivity contribution < 1.29 is 9.59 Å². The molecule has 0 radical (unpaired) electrons. The lowest BCUT2D eigenvalue weighted by atomic mass is 10.00. The fraction of sp³-hybridized carbons (Fsp3) is 0. The largest absolute Gasteiger partial charge is 0.366 e. The first-order chi connectivity index (χ1) is 10.6. The molecule has 0 atom stereocenters. The van der Waals surface area contributed by atoms with Crippen LogP contribution in [0, 0.1) is 0 Å². The molecular formula is C18H12N2O2. The van der Waals surface area contributed by atoms with E-state index in [4.69, 9.17) is 5.73 Å². The monoisotopic (exact) mass is 288 g/mol. The third-order valence-corrected chi connectivity index (χ3v) is 3.94. The van der Waals surface area contributed by atoms with Crippen LogP contribution >= 0.6 is 0 Å². The molecule has 0 spiro atoms. The SMILES string of the molecule is NC(=O)c1cccc(C(=O)N2c3ccc4c2cccc4c3)c1. The topological polar surface area (TPSA) is 63.4 Å². The number of nitrogens with zero attached hydrogens (tertiary/aromatic N) is 1. The Hall–Kier alpha value is -3.14. The van der Waals surface area contributed by atoms with Crippen molar-refractivity contribution in [2.45, 2.75) is 0 Å². The quantitative estimate of drug-likeness (QED) is 0.786. The molecule has 5 rings (SSSR count). The Kier molecular flexibility index (Phi) is 2.53. The van der Waals surface area contributed by atoms with Gasteiger partial charge in [-0.05, 0) is 41.8 Å². The van der Waals surface area contributed by atoms with Crippen LogP contribution in [0.2, 0.25) is 0 Å². The molecule has 0 aliphatic carbocycles. The van der Waals surface area contributed by atoms with Crippen molar-refractivity contribution in [1.29, 1.82) is 0 Å². The highest BCUT2D eigenvalue weighted by Crippen LogP contribution is 2.40. The highest BCUT2D eigenvalue weighted by atomic mass is 16.2. The van der Waals surface area contributed by atoms with Gasteiger partial charge in [-0.2, -0.15) is 0 Å². The molecule has 3 aromatic carbocycles. The number of benzene rings is 3. The molecule has 0 saturated carbocycles. The van der Waals surface area contributed by atoms with Gasteiger partial charge in [-0.3, -0.25) is 14.5 Å². The number of rotatable bonds is 2. The Morgan fingerprint density at radius 3 is 2.45 bits per heavy atom. The van der Waals surface area contributed by atoms with Gasteiger partial charge in [-0.15, -0.1) is 0 Å². The minimum Gasteiger partial charge on any atom is -0.366 e. The van der Waals surface area contributed by atoms with Gasteiger partial charge < -0.3 is 5.73 Å². The summed E-state index contributed by atoms with van der Waals surface area (Å²) in [5.41, 5.74) is 7.75. The summed E-state index contributed by atoms with van der Waals surface area (Å²) in [6.45, 7) is 0. The Labute approximate surface area is 126 Å². The van der Waals surface area contributed by atoms with E-state index in [1.807, 2.05) is 36.4 Å². The molecule has 4 bridgehead atoms. The van der Waals surface area contributed by atoms with Crippen LogP contribution in [0.5, 0.6) is 0 Å². The Morgan fingerprint density at radius 1 is 0.864 bits per heavy atom. The van der Waals surface area contributed by atoms with Crippen LogP contribution in [0.1, 0.15) is 20.7 Å². The highest BCUT2D eigenvalue weighted by Gasteiger charge is 2.25. The van der Waals surface area contributed by atoms with Crippen LogP contribution < -0.4 is 10.6 Å². The zero-order valence-electron chi connectivity index (χ0n) is 11.6. The Bertz CT molecular complexity index is 947. The summed E-state index contributed by atoms with van der Waals surface area (Å²) in [5, 5.41) is 2.15. The van der Waals surface area contributed by atoms with E-state index < -0.39 is 5.91 Å². The van der Waals surface area contributed by atoms with Gasteiger partial charge in [0.15, 0.2) is 0 Å². The predicted octanol–water partition coefficient (Wildman–Crippen LogP) is 3.23. The van der Waals surface area contributed by atoms with E-state index >= 15 is 0 Å². The second kappa shape index (κ2) is 4.43. The molecule has 2 amide bonds. The zero-order chi connectivity index (χ0) is 15.3. The summed E-state index contributed by atoms with van der Waals surface area (Å²) < 4.78 is 0. The van der Waals surface area contributed by atoms with Gasteiger partial charge in [0.2, 0.25) is 5.91 Å². The van der Waals surface area contributed by atoms with Gasteiger partial charge in [0.1, 0.15) is 0 Å². The zero-order valence-corrected chi connectivity index (χ0v) is 11.6. The predicted molar refractivity (Wildman–Crippen MR) is 85.4 cm³/mol. The number of amides is 2. The van der Waals surface area contributed by atoms with E-state index in [-0.39, 0.29) is 5.91 Å². The van der Waals surface area contributed by atoms with E-state index in [9.17, 15) is 9.59 Å². The maximum absolute atomic E-state index is 12.9. The molecule has 2 aliphatic rings. The summed E-state index contributed by atoms with van der Waals surface area (Å²) >= 11 is 0. The van der Waals surface area contributed by atoms with Crippen molar-refractivity contribution in [3.63, 3.8) is 0 Å². The van der Waals surface area contributed by atoms with E-state index in [1.54, 1.807) is 23.1 Å². The molecule has 2 aliphatic heterocycles. The molecule has 2 N–H and O–H groups in total. The van der Waals surface area contributed by atoms with Crippen LogP contribution in [-0.2, 0) is 0 Å². The van der Waals surface area contributed by atoms with Crippen LogP contribution in [0.4, 0.5) is 11.4 Å². The van der Waals surface area contributed by atoms with Gasteiger partial charge in [-0.1, -0.05) is 24.3 Å². The average molecular weight is 288 g/mol. The van der Waals surface area contributed by atoms with Gasteiger partial charge in [0, 0.05) is 22.2 Å². The second-order valence-corrected chi connectivity index (χ2v) is 5.27. The van der Waals surface area contributed by atoms with Crippen molar-refractivity contribution in [3.8, 4) is 0 Å². The lowest BCUT2D eigenvalue weighted by Gasteiger charge is -2.29. The molecule has 4 nitrogen and oxygen atoms in total.